The maximum absolute atomic E-state index is 13.4. The molecule has 0 fully saturated rings. The Balaban J connectivity index is 2.16. The summed E-state index contributed by atoms with van der Waals surface area (Å²) in [5, 5.41) is 0.127. The van der Waals surface area contributed by atoms with Gasteiger partial charge in [0.15, 0.2) is 0 Å². The third-order valence-corrected chi connectivity index (χ3v) is 6.67. The van der Waals surface area contributed by atoms with Crippen molar-refractivity contribution in [2.75, 3.05) is 18.6 Å². The normalized spacial score (nSPS) is 17.6. The SMILES string of the molecule is CCOC(=O)N1c2cc(Cl)c(Cl)cc2[C@@H](N(Cc2cc(C(F)(F)F)cc(C(F)(F)F)c2)C(=O)OC)C[C@H]1C. The van der Waals surface area contributed by atoms with Crippen molar-refractivity contribution >= 4 is 41.1 Å². The van der Waals surface area contributed by atoms with Crippen molar-refractivity contribution < 1.29 is 45.4 Å². The first-order valence-electron chi connectivity index (χ1n) is 11.2. The number of methoxy groups -OCH3 is 1. The van der Waals surface area contributed by atoms with Crippen molar-refractivity contribution in [2.24, 2.45) is 0 Å². The molecule has 1 heterocycles. The van der Waals surface area contributed by atoms with Crippen LogP contribution in [0.1, 0.15) is 48.6 Å². The van der Waals surface area contributed by atoms with Crippen LogP contribution < -0.4 is 4.90 Å². The molecule has 0 bridgehead atoms. The average molecular weight is 587 g/mol. The number of hydrogen-bond donors (Lipinski definition) is 0. The Hall–Kier alpha value is -2.86. The Bertz CT molecular complexity index is 1190. The van der Waals surface area contributed by atoms with Gasteiger partial charge in [-0.25, -0.2) is 9.59 Å². The molecular formula is C24H22Cl2F6N2O4. The van der Waals surface area contributed by atoms with E-state index < -0.39 is 59.9 Å². The van der Waals surface area contributed by atoms with Crippen LogP contribution in [0.4, 0.5) is 41.6 Å². The molecule has 0 spiro atoms. The number of amides is 2. The molecule has 2 aromatic carbocycles. The van der Waals surface area contributed by atoms with E-state index in [0.29, 0.717) is 12.1 Å². The predicted octanol–water partition coefficient (Wildman–Crippen LogP) is 8.10. The first kappa shape index (κ1) is 29.7. The van der Waals surface area contributed by atoms with Gasteiger partial charge in [-0.1, -0.05) is 23.2 Å². The number of alkyl halides is 6. The second-order valence-corrected chi connectivity index (χ2v) is 9.32. The van der Waals surface area contributed by atoms with E-state index in [2.05, 4.69) is 0 Å². The molecule has 0 saturated carbocycles. The molecule has 2 amide bonds. The smallest absolute Gasteiger partial charge is 0.416 e. The number of fused-ring (bicyclic) bond motifs is 1. The number of anilines is 1. The molecule has 3 rings (SSSR count). The first-order valence-corrected chi connectivity index (χ1v) is 11.9. The first-order chi connectivity index (χ1) is 17.6. The van der Waals surface area contributed by atoms with Gasteiger partial charge < -0.3 is 9.47 Å². The molecule has 0 saturated heterocycles. The molecule has 1 aliphatic rings. The van der Waals surface area contributed by atoms with Crippen molar-refractivity contribution in [2.45, 2.75) is 51.2 Å². The van der Waals surface area contributed by atoms with Crippen LogP contribution in [0.15, 0.2) is 30.3 Å². The van der Waals surface area contributed by atoms with Gasteiger partial charge >= 0.3 is 24.5 Å². The fourth-order valence-electron chi connectivity index (χ4n) is 4.31. The number of halogens is 8. The van der Waals surface area contributed by atoms with Crippen molar-refractivity contribution in [1.82, 2.24) is 4.90 Å². The molecule has 0 radical (unpaired) electrons. The van der Waals surface area contributed by atoms with Crippen LogP contribution >= 0.6 is 23.2 Å². The highest BCUT2D eigenvalue weighted by molar-refractivity contribution is 6.42. The third-order valence-electron chi connectivity index (χ3n) is 5.94. The number of nitrogens with zero attached hydrogens (tertiary/aromatic N) is 2. The fraction of sp³-hybridized carbons (Fsp3) is 0.417. The zero-order valence-corrected chi connectivity index (χ0v) is 21.7. The van der Waals surface area contributed by atoms with E-state index in [-0.39, 0.29) is 40.4 Å². The van der Waals surface area contributed by atoms with Crippen LogP contribution in [-0.4, -0.2) is 36.8 Å². The molecule has 38 heavy (non-hydrogen) atoms. The van der Waals surface area contributed by atoms with Gasteiger partial charge in [-0.05, 0) is 56.2 Å². The highest BCUT2D eigenvalue weighted by Gasteiger charge is 2.41. The van der Waals surface area contributed by atoms with E-state index in [0.717, 1.165) is 12.0 Å². The van der Waals surface area contributed by atoms with Crippen molar-refractivity contribution in [3.63, 3.8) is 0 Å². The molecule has 2 atom stereocenters. The van der Waals surface area contributed by atoms with Gasteiger partial charge in [0.2, 0.25) is 0 Å². The Kier molecular flexibility index (Phi) is 8.67. The van der Waals surface area contributed by atoms with Crippen LogP contribution in [0, 0.1) is 0 Å². The van der Waals surface area contributed by atoms with E-state index in [1.54, 1.807) is 13.8 Å². The minimum Gasteiger partial charge on any atom is -0.453 e. The quantitative estimate of drug-likeness (QED) is 0.340. The lowest BCUT2D eigenvalue weighted by molar-refractivity contribution is -0.143. The highest BCUT2D eigenvalue weighted by atomic mass is 35.5. The maximum atomic E-state index is 13.4. The molecule has 1 aliphatic heterocycles. The fourth-order valence-corrected chi connectivity index (χ4v) is 4.64. The lowest BCUT2D eigenvalue weighted by atomic mass is 9.90. The van der Waals surface area contributed by atoms with Gasteiger partial charge in [0.1, 0.15) is 0 Å². The summed E-state index contributed by atoms with van der Waals surface area (Å²) < 4.78 is 90.4. The van der Waals surface area contributed by atoms with Crippen molar-refractivity contribution in [3.8, 4) is 0 Å². The molecule has 14 heteroatoms. The number of carbonyl (C=O) groups is 2. The minimum atomic E-state index is -5.07. The Labute approximate surface area is 224 Å². The van der Waals surface area contributed by atoms with Crippen molar-refractivity contribution in [3.05, 3.63) is 62.6 Å². The molecule has 0 aliphatic carbocycles. The average Bonchev–Trinajstić information content (AvgIpc) is 2.81. The lowest BCUT2D eigenvalue weighted by Crippen LogP contribution is -2.47. The summed E-state index contributed by atoms with van der Waals surface area (Å²) >= 11 is 12.4. The molecule has 0 aromatic heterocycles. The summed E-state index contributed by atoms with van der Waals surface area (Å²) in [5.74, 6) is 0. The lowest BCUT2D eigenvalue weighted by Gasteiger charge is -2.42. The molecule has 0 unspecified atom stereocenters. The summed E-state index contributed by atoms with van der Waals surface area (Å²) in [6, 6.07) is 2.25. The predicted molar refractivity (Wildman–Crippen MR) is 127 cm³/mol. The number of carbonyl (C=O) groups excluding carboxylic acids is 2. The number of rotatable bonds is 4. The van der Waals surface area contributed by atoms with Crippen LogP contribution in [0.2, 0.25) is 10.0 Å². The molecular weight excluding hydrogens is 565 g/mol. The standard InChI is InChI=1S/C24H22Cl2F6N2O4/c1-4-38-22(36)34-12(2)5-19(16-9-17(25)18(26)10-20(16)34)33(21(35)37-3)11-13-6-14(23(27,28)29)8-15(7-13)24(30,31)32/h6-10,12,19H,4-5,11H2,1-3H3/t12-,19+/m1/s1. The number of hydrogen-bond acceptors (Lipinski definition) is 4. The monoisotopic (exact) mass is 586 g/mol. The zero-order valence-electron chi connectivity index (χ0n) is 20.2. The molecule has 0 N–H and O–H groups in total. The van der Waals surface area contributed by atoms with Crippen LogP contribution in [0.5, 0.6) is 0 Å². The molecule has 208 valence electrons. The topological polar surface area (TPSA) is 59.1 Å². The second kappa shape index (κ2) is 11.1. The summed E-state index contributed by atoms with van der Waals surface area (Å²) in [6.45, 7) is 2.63. The van der Waals surface area contributed by atoms with Gasteiger partial charge in [-0.3, -0.25) is 9.80 Å². The van der Waals surface area contributed by atoms with Gasteiger partial charge in [-0.15, -0.1) is 0 Å². The Morgan fingerprint density at radius 1 is 1.00 bits per heavy atom. The summed E-state index contributed by atoms with van der Waals surface area (Å²) in [6.07, 6.45) is -11.8. The van der Waals surface area contributed by atoms with E-state index in [9.17, 15) is 35.9 Å². The zero-order chi connectivity index (χ0) is 28.6. The van der Waals surface area contributed by atoms with Gasteiger partial charge in [0.05, 0.1) is 46.6 Å². The van der Waals surface area contributed by atoms with E-state index in [4.69, 9.17) is 32.7 Å². The third kappa shape index (κ3) is 6.23. The summed E-state index contributed by atoms with van der Waals surface area (Å²) in [5.41, 5.74) is -2.98. The molecule has 6 nitrogen and oxygen atoms in total. The highest BCUT2D eigenvalue weighted by Crippen LogP contribution is 2.45. The number of ether oxygens (including phenoxy) is 2. The Morgan fingerprint density at radius 3 is 2.05 bits per heavy atom. The Morgan fingerprint density at radius 2 is 1.55 bits per heavy atom. The van der Waals surface area contributed by atoms with Gasteiger partial charge in [0.25, 0.3) is 0 Å². The van der Waals surface area contributed by atoms with E-state index in [1.165, 1.54) is 17.0 Å². The number of benzene rings is 2. The summed E-state index contributed by atoms with van der Waals surface area (Å²) in [7, 11) is 1.02. The van der Waals surface area contributed by atoms with Gasteiger partial charge in [-0.2, -0.15) is 26.3 Å². The van der Waals surface area contributed by atoms with E-state index >= 15 is 0 Å². The molecule has 2 aromatic rings. The van der Waals surface area contributed by atoms with Gasteiger partial charge in [0, 0.05) is 18.2 Å². The summed E-state index contributed by atoms with van der Waals surface area (Å²) in [4.78, 5) is 27.8. The maximum Gasteiger partial charge on any atom is 0.416 e. The van der Waals surface area contributed by atoms with Crippen LogP contribution in [0.3, 0.4) is 0 Å². The minimum absolute atomic E-state index is 0.00293. The second-order valence-electron chi connectivity index (χ2n) is 8.51. The largest absolute Gasteiger partial charge is 0.453 e. The van der Waals surface area contributed by atoms with Crippen LogP contribution in [-0.2, 0) is 28.4 Å². The van der Waals surface area contributed by atoms with Crippen molar-refractivity contribution in [1.29, 1.82) is 0 Å². The van der Waals surface area contributed by atoms with Crippen LogP contribution in [0.25, 0.3) is 0 Å². The van der Waals surface area contributed by atoms with E-state index in [1.807, 2.05) is 0 Å².